The molecule has 0 aromatic heterocycles. The second-order valence-electron chi connectivity index (χ2n) is 14.3. The highest BCUT2D eigenvalue weighted by atomic mass is 16.6. The van der Waals surface area contributed by atoms with E-state index < -0.39 is 11.2 Å². The number of ether oxygens (including phenoxy) is 2. The van der Waals surface area contributed by atoms with Crippen LogP contribution in [0.25, 0.3) is 0 Å². The Labute approximate surface area is 208 Å². The van der Waals surface area contributed by atoms with Crippen molar-refractivity contribution in [1.82, 2.24) is 0 Å². The van der Waals surface area contributed by atoms with Crippen molar-refractivity contribution < 1.29 is 19.7 Å². The molecule has 0 aromatic rings. The molecule has 4 saturated carbocycles. The van der Waals surface area contributed by atoms with Gasteiger partial charge in [0.1, 0.15) is 0 Å². The first kappa shape index (κ1) is 25.5. The molecule has 34 heavy (non-hydrogen) atoms. The number of epoxide rings is 2. The molecule has 6 fully saturated rings. The quantitative estimate of drug-likeness (QED) is 0.481. The van der Waals surface area contributed by atoms with Crippen molar-refractivity contribution in [3.05, 3.63) is 0 Å². The Balaban J connectivity index is 0.000000142. The van der Waals surface area contributed by atoms with Crippen LogP contribution in [0.1, 0.15) is 106 Å². The van der Waals surface area contributed by atoms with Crippen LogP contribution < -0.4 is 0 Å². The Morgan fingerprint density at radius 3 is 1.24 bits per heavy atom. The largest absolute Gasteiger partial charge is 0.389 e. The summed E-state index contributed by atoms with van der Waals surface area (Å²) >= 11 is 0. The molecule has 0 bridgehead atoms. The number of rotatable bonds is 2. The van der Waals surface area contributed by atoms with Gasteiger partial charge in [-0.05, 0) is 125 Å². The van der Waals surface area contributed by atoms with E-state index in [2.05, 4.69) is 41.5 Å². The van der Waals surface area contributed by atoms with E-state index in [9.17, 15) is 10.2 Å². The normalized spacial score (nSPS) is 58.6. The number of hydrogen-bond donors (Lipinski definition) is 2. The lowest BCUT2D eigenvalue weighted by molar-refractivity contribution is -0.0623. The average Bonchev–Trinajstić information content (AvgIpc) is 3.68. The van der Waals surface area contributed by atoms with E-state index in [1.54, 1.807) is 0 Å². The minimum absolute atomic E-state index is 0.0899. The average molecular weight is 477 g/mol. The molecular weight excluding hydrogens is 424 g/mol. The van der Waals surface area contributed by atoms with E-state index in [0.717, 1.165) is 26.1 Å². The minimum Gasteiger partial charge on any atom is -0.389 e. The zero-order chi connectivity index (χ0) is 24.5. The molecule has 2 heterocycles. The number of hydrogen-bond acceptors (Lipinski definition) is 4. The Morgan fingerprint density at radius 1 is 0.559 bits per heavy atom. The van der Waals surface area contributed by atoms with Crippen LogP contribution in [0.4, 0.5) is 0 Å². The first-order valence-electron chi connectivity index (χ1n) is 14.6. The van der Waals surface area contributed by atoms with E-state index in [0.29, 0.717) is 47.3 Å². The monoisotopic (exact) mass is 476 g/mol. The zero-order valence-electron chi connectivity index (χ0n) is 22.8. The summed E-state index contributed by atoms with van der Waals surface area (Å²) < 4.78 is 11.3. The third-order valence-corrected chi connectivity index (χ3v) is 12.2. The Morgan fingerprint density at radius 2 is 0.912 bits per heavy atom. The predicted molar refractivity (Wildman–Crippen MR) is 135 cm³/mol. The third kappa shape index (κ3) is 4.31. The molecule has 0 amide bonds. The standard InChI is InChI=1S/2C15H26O2/c2*1-10-4-6-12(14(3)9-17-14)8-15(16)11(2)5-7-13(10)15/h2*10-13,16H,4-9H2,1-3H3/t2*10-,11-,12+,13+,14+,15+/m00/s1. The fourth-order valence-corrected chi connectivity index (χ4v) is 8.91. The van der Waals surface area contributed by atoms with Gasteiger partial charge in [0.2, 0.25) is 0 Å². The summed E-state index contributed by atoms with van der Waals surface area (Å²) in [4.78, 5) is 0. The third-order valence-electron chi connectivity index (χ3n) is 12.2. The van der Waals surface area contributed by atoms with Crippen molar-refractivity contribution in [2.75, 3.05) is 13.2 Å². The Bertz CT molecular complexity index is 682. The van der Waals surface area contributed by atoms with Crippen LogP contribution in [0.2, 0.25) is 0 Å². The molecule has 6 rings (SSSR count). The maximum Gasteiger partial charge on any atom is 0.0917 e. The summed E-state index contributed by atoms with van der Waals surface area (Å²) in [5.74, 6) is 4.50. The predicted octanol–water partition coefficient (Wildman–Crippen LogP) is 5.98. The van der Waals surface area contributed by atoms with E-state index >= 15 is 0 Å². The highest BCUT2D eigenvalue weighted by Gasteiger charge is 2.58. The molecule has 0 unspecified atom stereocenters. The van der Waals surface area contributed by atoms with Crippen molar-refractivity contribution in [1.29, 1.82) is 0 Å². The van der Waals surface area contributed by atoms with Crippen molar-refractivity contribution in [3.63, 3.8) is 0 Å². The van der Waals surface area contributed by atoms with Crippen molar-refractivity contribution in [2.45, 2.75) is 128 Å². The van der Waals surface area contributed by atoms with E-state index in [-0.39, 0.29) is 11.2 Å². The minimum atomic E-state index is -0.407. The lowest BCUT2D eigenvalue weighted by Crippen LogP contribution is -2.43. The summed E-state index contributed by atoms with van der Waals surface area (Å²) in [5.41, 5.74) is -0.635. The molecule has 2 aliphatic heterocycles. The van der Waals surface area contributed by atoms with Gasteiger partial charge in [-0.2, -0.15) is 0 Å². The molecule has 196 valence electrons. The lowest BCUT2D eigenvalue weighted by Gasteiger charge is -2.37. The Kier molecular flexibility index (Phi) is 6.53. The fraction of sp³-hybridized carbons (Fsp3) is 1.00. The molecule has 0 aromatic carbocycles. The van der Waals surface area contributed by atoms with Crippen LogP contribution in [-0.2, 0) is 9.47 Å². The Hall–Kier alpha value is -0.160. The second kappa shape index (κ2) is 8.71. The summed E-state index contributed by atoms with van der Waals surface area (Å²) in [7, 11) is 0. The van der Waals surface area contributed by atoms with Gasteiger partial charge in [0.05, 0.1) is 35.6 Å². The molecule has 6 aliphatic rings. The molecule has 0 radical (unpaired) electrons. The van der Waals surface area contributed by atoms with Crippen molar-refractivity contribution in [2.24, 2.45) is 47.3 Å². The summed E-state index contributed by atoms with van der Waals surface area (Å²) in [6.45, 7) is 15.4. The van der Waals surface area contributed by atoms with Crippen LogP contribution in [0.15, 0.2) is 0 Å². The van der Waals surface area contributed by atoms with Crippen LogP contribution in [0, 0.1) is 47.3 Å². The molecule has 4 nitrogen and oxygen atoms in total. The maximum absolute atomic E-state index is 11.1. The van der Waals surface area contributed by atoms with Gasteiger partial charge in [-0.3, -0.25) is 0 Å². The second-order valence-corrected chi connectivity index (χ2v) is 14.3. The highest BCUT2D eigenvalue weighted by Crippen LogP contribution is 2.56. The van der Waals surface area contributed by atoms with Crippen molar-refractivity contribution in [3.8, 4) is 0 Å². The van der Waals surface area contributed by atoms with Gasteiger partial charge in [-0.15, -0.1) is 0 Å². The van der Waals surface area contributed by atoms with Gasteiger partial charge in [0.15, 0.2) is 0 Å². The van der Waals surface area contributed by atoms with Gasteiger partial charge in [-0.1, -0.05) is 27.7 Å². The van der Waals surface area contributed by atoms with Crippen molar-refractivity contribution >= 4 is 0 Å². The van der Waals surface area contributed by atoms with Gasteiger partial charge in [0, 0.05) is 0 Å². The topological polar surface area (TPSA) is 65.5 Å². The number of fused-ring (bicyclic) bond motifs is 2. The maximum atomic E-state index is 11.1. The first-order valence-corrected chi connectivity index (χ1v) is 14.6. The lowest BCUT2D eigenvalue weighted by atomic mass is 9.74. The van der Waals surface area contributed by atoms with Gasteiger partial charge in [0.25, 0.3) is 0 Å². The van der Waals surface area contributed by atoms with E-state index in [1.165, 1.54) is 51.4 Å². The number of aliphatic hydroxyl groups is 2. The fourth-order valence-electron chi connectivity index (χ4n) is 8.91. The molecule has 2 saturated heterocycles. The molecule has 4 heteroatoms. The smallest absolute Gasteiger partial charge is 0.0917 e. The molecular formula is C30H52O4. The summed E-state index contributed by atoms with van der Waals surface area (Å²) in [5, 5.41) is 22.3. The SMILES string of the molecule is C[C@H]1CC[C@@H]([C@@]2(C)CO2)C[C@]2(O)[C@@H]1CC[C@@H]2C.C[C@H]1CC[C@@H]([C@@]2(C)CO2)C[C@]2(O)[C@@H]1CC[C@@H]2C. The molecule has 4 aliphatic carbocycles. The van der Waals surface area contributed by atoms with Gasteiger partial charge < -0.3 is 19.7 Å². The van der Waals surface area contributed by atoms with Crippen LogP contribution in [0.3, 0.4) is 0 Å². The van der Waals surface area contributed by atoms with Crippen LogP contribution in [-0.4, -0.2) is 45.8 Å². The van der Waals surface area contributed by atoms with Crippen LogP contribution in [0.5, 0.6) is 0 Å². The summed E-state index contributed by atoms with van der Waals surface area (Å²) in [6, 6.07) is 0. The van der Waals surface area contributed by atoms with E-state index in [4.69, 9.17) is 9.47 Å². The molecule has 0 spiro atoms. The highest BCUT2D eigenvalue weighted by molar-refractivity contribution is 5.07. The van der Waals surface area contributed by atoms with E-state index in [1.807, 2.05) is 0 Å². The molecule has 2 N–H and O–H groups in total. The van der Waals surface area contributed by atoms with Gasteiger partial charge >= 0.3 is 0 Å². The molecule has 12 atom stereocenters. The van der Waals surface area contributed by atoms with Crippen LogP contribution >= 0.6 is 0 Å². The van der Waals surface area contributed by atoms with Gasteiger partial charge in [-0.25, -0.2) is 0 Å². The zero-order valence-corrected chi connectivity index (χ0v) is 22.8. The summed E-state index contributed by atoms with van der Waals surface area (Å²) in [6.07, 6.45) is 11.8. The first-order chi connectivity index (χ1) is 15.9.